The van der Waals surface area contributed by atoms with Gasteiger partial charge in [-0.25, -0.2) is 4.98 Å². The van der Waals surface area contributed by atoms with Gasteiger partial charge in [0.25, 0.3) is 0 Å². The molecule has 0 amide bonds. The Morgan fingerprint density at radius 3 is 2.69 bits per heavy atom. The lowest BCUT2D eigenvalue weighted by Crippen LogP contribution is -1.87. The molecule has 0 bridgehead atoms. The standard InChI is InChI=1S/C13H15NOS/c1-3-11-13(14-12(8-15)16-11)10-7-5-4-6-9(10)2/h4-7,15H,3,8H2,1-2H3. The van der Waals surface area contributed by atoms with Crippen LogP contribution in [-0.4, -0.2) is 10.1 Å². The summed E-state index contributed by atoms with van der Waals surface area (Å²) in [5, 5.41) is 9.94. The van der Waals surface area contributed by atoms with Gasteiger partial charge in [-0.3, -0.25) is 0 Å². The molecule has 0 aliphatic heterocycles. The Hall–Kier alpha value is -1.19. The molecule has 0 atom stereocenters. The topological polar surface area (TPSA) is 33.1 Å². The summed E-state index contributed by atoms with van der Waals surface area (Å²) in [4.78, 5) is 5.75. The third-order valence-corrected chi connectivity index (χ3v) is 3.78. The van der Waals surface area contributed by atoms with E-state index in [2.05, 4.69) is 31.0 Å². The number of nitrogens with zero attached hydrogens (tertiary/aromatic N) is 1. The molecule has 84 valence electrons. The van der Waals surface area contributed by atoms with E-state index in [4.69, 9.17) is 5.11 Å². The van der Waals surface area contributed by atoms with Crippen molar-refractivity contribution < 1.29 is 5.11 Å². The van der Waals surface area contributed by atoms with Crippen LogP contribution in [0.5, 0.6) is 0 Å². The van der Waals surface area contributed by atoms with Crippen LogP contribution in [0.1, 0.15) is 22.4 Å². The second-order valence-electron chi connectivity index (χ2n) is 3.71. The van der Waals surface area contributed by atoms with Crippen LogP contribution in [0.15, 0.2) is 24.3 Å². The molecular weight excluding hydrogens is 218 g/mol. The molecule has 0 aliphatic carbocycles. The van der Waals surface area contributed by atoms with Crippen LogP contribution in [0.2, 0.25) is 0 Å². The molecule has 0 spiro atoms. The van der Waals surface area contributed by atoms with E-state index in [1.54, 1.807) is 11.3 Å². The van der Waals surface area contributed by atoms with Gasteiger partial charge in [0.1, 0.15) is 5.01 Å². The molecule has 0 saturated carbocycles. The van der Waals surface area contributed by atoms with Crippen molar-refractivity contribution in [2.45, 2.75) is 26.9 Å². The zero-order chi connectivity index (χ0) is 11.5. The average Bonchev–Trinajstić information content (AvgIpc) is 2.72. The van der Waals surface area contributed by atoms with Gasteiger partial charge in [0, 0.05) is 10.4 Å². The summed E-state index contributed by atoms with van der Waals surface area (Å²) in [6, 6.07) is 8.24. The zero-order valence-corrected chi connectivity index (χ0v) is 10.3. The molecule has 2 nitrogen and oxygen atoms in total. The number of hydrogen-bond acceptors (Lipinski definition) is 3. The first kappa shape index (κ1) is 11.3. The fourth-order valence-corrected chi connectivity index (χ4v) is 2.64. The van der Waals surface area contributed by atoms with Crippen LogP contribution >= 0.6 is 11.3 Å². The van der Waals surface area contributed by atoms with E-state index in [1.165, 1.54) is 16.0 Å². The van der Waals surface area contributed by atoms with Gasteiger partial charge in [-0.2, -0.15) is 0 Å². The summed E-state index contributed by atoms with van der Waals surface area (Å²) >= 11 is 1.60. The van der Waals surface area contributed by atoms with Crippen molar-refractivity contribution >= 4 is 11.3 Å². The van der Waals surface area contributed by atoms with Crippen LogP contribution in [0.25, 0.3) is 11.3 Å². The van der Waals surface area contributed by atoms with Crippen LogP contribution < -0.4 is 0 Å². The number of hydrogen-bond donors (Lipinski definition) is 1. The van der Waals surface area contributed by atoms with Crippen LogP contribution in [0, 0.1) is 6.92 Å². The highest BCUT2D eigenvalue weighted by Gasteiger charge is 2.12. The summed E-state index contributed by atoms with van der Waals surface area (Å²) < 4.78 is 0. The number of rotatable bonds is 3. The number of aliphatic hydroxyl groups is 1. The Kier molecular flexibility index (Phi) is 3.36. The molecule has 1 heterocycles. The summed E-state index contributed by atoms with van der Waals surface area (Å²) in [5.74, 6) is 0. The maximum atomic E-state index is 9.14. The van der Waals surface area contributed by atoms with E-state index in [9.17, 15) is 0 Å². The predicted octanol–water partition coefficient (Wildman–Crippen LogP) is 3.17. The molecule has 0 fully saturated rings. The summed E-state index contributed by atoms with van der Waals surface area (Å²) in [6.07, 6.45) is 0.960. The van der Waals surface area contributed by atoms with Crippen LogP contribution in [0.4, 0.5) is 0 Å². The fourth-order valence-electron chi connectivity index (χ4n) is 1.76. The fraction of sp³-hybridized carbons (Fsp3) is 0.308. The predicted molar refractivity (Wildman–Crippen MR) is 67.6 cm³/mol. The second kappa shape index (κ2) is 4.76. The molecule has 0 unspecified atom stereocenters. The van der Waals surface area contributed by atoms with Gasteiger partial charge < -0.3 is 5.11 Å². The number of aromatic nitrogens is 1. The highest BCUT2D eigenvalue weighted by molar-refractivity contribution is 7.12. The molecule has 0 aliphatic rings. The third kappa shape index (κ3) is 2.01. The normalized spacial score (nSPS) is 10.7. The average molecular weight is 233 g/mol. The monoisotopic (exact) mass is 233 g/mol. The van der Waals surface area contributed by atoms with E-state index in [0.29, 0.717) is 0 Å². The number of aryl methyl sites for hydroxylation is 2. The first-order valence-corrected chi connectivity index (χ1v) is 6.23. The molecular formula is C13H15NOS. The van der Waals surface area contributed by atoms with Crippen molar-refractivity contribution in [2.75, 3.05) is 0 Å². The van der Waals surface area contributed by atoms with Crippen LogP contribution in [-0.2, 0) is 13.0 Å². The largest absolute Gasteiger partial charge is 0.389 e. The Bertz CT molecular complexity index is 490. The van der Waals surface area contributed by atoms with Crippen molar-refractivity contribution in [2.24, 2.45) is 0 Å². The van der Waals surface area contributed by atoms with Crippen LogP contribution in [0.3, 0.4) is 0 Å². The van der Waals surface area contributed by atoms with E-state index in [1.807, 2.05) is 12.1 Å². The first-order valence-electron chi connectivity index (χ1n) is 5.41. The van der Waals surface area contributed by atoms with E-state index in [0.717, 1.165) is 17.1 Å². The van der Waals surface area contributed by atoms with Gasteiger partial charge in [0.05, 0.1) is 12.3 Å². The van der Waals surface area contributed by atoms with Crippen molar-refractivity contribution in [1.82, 2.24) is 4.98 Å². The number of aliphatic hydroxyl groups excluding tert-OH is 1. The van der Waals surface area contributed by atoms with Crippen molar-refractivity contribution in [1.29, 1.82) is 0 Å². The molecule has 2 aromatic rings. The van der Waals surface area contributed by atoms with Gasteiger partial charge in [-0.05, 0) is 18.9 Å². The molecule has 3 heteroatoms. The van der Waals surface area contributed by atoms with E-state index >= 15 is 0 Å². The highest BCUT2D eigenvalue weighted by Crippen LogP contribution is 2.30. The van der Waals surface area contributed by atoms with Gasteiger partial charge >= 0.3 is 0 Å². The minimum Gasteiger partial charge on any atom is -0.389 e. The summed E-state index contributed by atoms with van der Waals surface area (Å²) in [5.41, 5.74) is 3.44. The summed E-state index contributed by atoms with van der Waals surface area (Å²) in [7, 11) is 0. The van der Waals surface area contributed by atoms with Crippen molar-refractivity contribution in [3.63, 3.8) is 0 Å². The molecule has 0 saturated heterocycles. The smallest absolute Gasteiger partial charge is 0.119 e. The molecule has 16 heavy (non-hydrogen) atoms. The Labute approximate surface area is 99.6 Å². The van der Waals surface area contributed by atoms with E-state index < -0.39 is 0 Å². The van der Waals surface area contributed by atoms with Gasteiger partial charge in [-0.1, -0.05) is 31.2 Å². The molecule has 0 radical (unpaired) electrons. The van der Waals surface area contributed by atoms with Gasteiger partial charge in [-0.15, -0.1) is 11.3 Å². The van der Waals surface area contributed by atoms with Crippen molar-refractivity contribution in [3.05, 3.63) is 39.7 Å². The number of benzene rings is 1. The van der Waals surface area contributed by atoms with Gasteiger partial charge in [0.15, 0.2) is 0 Å². The zero-order valence-electron chi connectivity index (χ0n) is 9.53. The Morgan fingerprint density at radius 1 is 1.31 bits per heavy atom. The minimum absolute atomic E-state index is 0.0313. The lowest BCUT2D eigenvalue weighted by Gasteiger charge is -2.03. The molecule has 2 rings (SSSR count). The Balaban J connectivity index is 2.54. The second-order valence-corrected chi connectivity index (χ2v) is 4.87. The molecule has 1 N–H and O–H groups in total. The lowest BCUT2D eigenvalue weighted by molar-refractivity contribution is 0.281. The third-order valence-electron chi connectivity index (χ3n) is 2.60. The van der Waals surface area contributed by atoms with Gasteiger partial charge in [0.2, 0.25) is 0 Å². The quantitative estimate of drug-likeness (QED) is 0.883. The maximum Gasteiger partial charge on any atom is 0.119 e. The molecule has 1 aromatic heterocycles. The van der Waals surface area contributed by atoms with Crippen molar-refractivity contribution in [3.8, 4) is 11.3 Å². The first-order chi connectivity index (χ1) is 7.76. The molecule has 1 aromatic carbocycles. The lowest BCUT2D eigenvalue weighted by atomic mass is 10.0. The number of thiazole rings is 1. The highest BCUT2D eigenvalue weighted by atomic mass is 32.1. The minimum atomic E-state index is 0.0313. The SMILES string of the molecule is CCc1sc(CO)nc1-c1ccccc1C. The Morgan fingerprint density at radius 2 is 2.06 bits per heavy atom. The summed E-state index contributed by atoms with van der Waals surface area (Å²) in [6.45, 7) is 4.24. The maximum absolute atomic E-state index is 9.14. The van der Waals surface area contributed by atoms with E-state index in [-0.39, 0.29) is 6.61 Å².